The summed E-state index contributed by atoms with van der Waals surface area (Å²) in [6.07, 6.45) is 0.363. The highest BCUT2D eigenvalue weighted by molar-refractivity contribution is 14.0. The fourth-order valence-electron chi connectivity index (χ4n) is 3.20. The Balaban J connectivity index is 0.00000320. The normalized spacial score (nSPS) is 16.8. The van der Waals surface area contributed by atoms with Crippen LogP contribution in [0.3, 0.4) is 0 Å². The van der Waals surface area contributed by atoms with E-state index >= 15 is 0 Å². The molecular weight excluding hydrogens is 515 g/mol. The number of carbonyl (C=O) groups is 1. The molecule has 0 aromatic heterocycles. The van der Waals surface area contributed by atoms with Gasteiger partial charge in [-0.1, -0.05) is 36.4 Å². The van der Waals surface area contributed by atoms with Crippen LogP contribution in [0.1, 0.15) is 13.3 Å². The molecule has 0 radical (unpaired) electrons. The van der Waals surface area contributed by atoms with Gasteiger partial charge in [0, 0.05) is 25.2 Å². The van der Waals surface area contributed by atoms with Crippen molar-refractivity contribution in [1.82, 2.24) is 10.6 Å². The molecule has 2 aromatic rings. The van der Waals surface area contributed by atoms with Gasteiger partial charge in [-0.2, -0.15) is 0 Å². The molecule has 1 unspecified atom stereocenters. The predicted molar refractivity (Wildman–Crippen MR) is 130 cm³/mol. The van der Waals surface area contributed by atoms with Gasteiger partial charge in [0.2, 0.25) is 5.91 Å². The van der Waals surface area contributed by atoms with Crippen molar-refractivity contribution < 1.29 is 13.2 Å². The van der Waals surface area contributed by atoms with E-state index in [0.29, 0.717) is 30.4 Å². The Hall–Kier alpha value is -2.14. The molecule has 1 amide bonds. The van der Waals surface area contributed by atoms with Crippen LogP contribution >= 0.6 is 24.0 Å². The summed E-state index contributed by atoms with van der Waals surface area (Å²) in [4.78, 5) is 18.8. The topological polar surface area (TPSA) is 90.9 Å². The standard InChI is InChI=1S/C21H26N4O3S.HI/c1-2-22-21(23-13-14-29(27,28)19-11-7-4-8-12-19)24-17-15-20(26)25(16-17)18-9-5-3-6-10-18;/h3-12,17H,2,13-16H2,1H3,(H2,22,23,24);1H. The lowest BCUT2D eigenvalue weighted by Crippen LogP contribution is -2.44. The first kappa shape index (κ1) is 24.1. The lowest BCUT2D eigenvalue weighted by molar-refractivity contribution is -0.117. The highest BCUT2D eigenvalue weighted by Gasteiger charge is 2.31. The highest BCUT2D eigenvalue weighted by Crippen LogP contribution is 2.21. The van der Waals surface area contributed by atoms with Gasteiger partial charge in [0.25, 0.3) is 0 Å². The smallest absolute Gasteiger partial charge is 0.229 e. The molecule has 1 atom stereocenters. The number of benzene rings is 2. The number of sulfone groups is 1. The number of aliphatic imine (C=N–C) groups is 1. The van der Waals surface area contributed by atoms with E-state index < -0.39 is 9.84 Å². The van der Waals surface area contributed by atoms with E-state index in [1.807, 2.05) is 37.3 Å². The summed E-state index contributed by atoms with van der Waals surface area (Å²) in [5.41, 5.74) is 0.873. The first-order chi connectivity index (χ1) is 14.0. The van der Waals surface area contributed by atoms with Gasteiger partial charge in [-0.15, -0.1) is 24.0 Å². The minimum absolute atomic E-state index is 0. The van der Waals surface area contributed by atoms with Crippen LogP contribution in [0.4, 0.5) is 5.69 Å². The number of hydrogen-bond acceptors (Lipinski definition) is 4. The average molecular weight is 542 g/mol. The van der Waals surface area contributed by atoms with Crippen molar-refractivity contribution in [2.24, 2.45) is 4.99 Å². The molecule has 2 N–H and O–H groups in total. The molecule has 1 saturated heterocycles. The Morgan fingerprint density at radius 1 is 1.10 bits per heavy atom. The quantitative estimate of drug-likeness (QED) is 0.319. The molecule has 0 saturated carbocycles. The van der Waals surface area contributed by atoms with Gasteiger partial charge in [0.05, 0.1) is 23.2 Å². The SMILES string of the molecule is CCNC(=NCCS(=O)(=O)c1ccccc1)NC1CC(=O)N(c2ccccc2)C1.I. The molecule has 1 aliphatic heterocycles. The summed E-state index contributed by atoms with van der Waals surface area (Å²) < 4.78 is 24.8. The minimum atomic E-state index is -3.38. The van der Waals surface area contributed by atoms with E-state index in [-0.39, 0.29) is 48.2 Å². The lowest BCUT2D eigenvalue weighted by atomic mass is 10.2. The molecule has 1 heterocycles. The third kappa shape index (κ3) is 6.43. The van der Waals surface area contributed by atoms with E-state index in [4.69, 9.17) is 0 Å². The first-order valence-electron chi connectivity index (χ1n) is 9.67. The molecule has 0 aliphatic carbocycles. The summed E-state index contributed by atoms with van der Waals surface area (Å²) in [5.74, 6) is 0.493. The largest absolute Gasteiger partial charge is 0.357 e. The van der Waals surface area contributed by atoms with Crippen molar-refractivity contribution in [2.45, 2.75) is 24.3 Å². The van der Waals surface area contributed by atoms with Gasteiger partial charge in [0.1, 0.15) is 0 Å². The van der Waals surface area contributed by atoms with E-state index in [9.17, 15) is 13.2 Å². The first-order valence-corrected chi connectivity index (χ1v) is 11.3. The number of carbonyl (C=O) groups excluding carboxylic acids is 1. The third-order valence-electron chi connectivity index (χ3n) is 4.61. The molecule has 0 bridgehead atoms. The molecule has 162 valence electrons. The number of guanidine groups is 1. The maximum absolute atomic E-state index is 12.4. The Labute approximate surface area is 194 Å². The molecule has 7 nitrogen and oxygen atoms in total. The second-order valence-electron chi connectivity index (χ2n) is 6.78. The Morgan fingerprint density at radius 2 is 1.73 bits per heavy atom. The average Bonchev–Trinajstić information content (AvgIpc) is 3.09. The summed E-state index contributed by atoms with van der Waals surface area (Å²) in [6, 6.07) is 17.8. The predicted octanol–water partition coefficient (Wildman–Crippen LogP) is 2.44. The van der Waals surface area contributed by atoms with Crippen LogP contribution in [0.15, 0.2) is 70.6 Å². The summed E-state index contributed by atoms with van der Waals surface area (Å²) in [6.45, 7) is 3.25. The zero-order valence-corrected chi connectivity index (χ0v) is 20.0. The van der Waals surface area contributed by atoms with Crippen molar-refractivity contribution in [3.8, 4) is 0 Å². The summed E-state index contributed by atoms with van der Waals surface area (Å²) >= 11 is 0. The number of para-hydroxylation sites is 1. The van der Waals surface area contributed by atoms with E-state index in [0.717, 1.165) is 5.69 Å². The van der Waals surface area contributed by atoms with Gasteiger partial charge in [-0.25, -0.2) is 8.42 Å². The van der Waals surface area contributed by atoms with E-state index in [1.54, 1.807) is 35.2 Å². The van der Waals surface area contributed by atoms with Crippen LogP contribution in [0.2, 0.25) is 0 Å². The van der Waals surface area contributed by atoms with Gasteiger partial charge < -0.3 is 15.5 Å². The van der Waals surface area contributed by atoms with Crippen LogP contribution in [0.25, 0.3) is 0 Å². The maximum Gasteiger partial charge on any atom is 0.229 e. The van der Waals surface area contributed by atoms with Gasteiger partial charge in [-0.3, -0.25) is 9.79 Å². The number of nitrogens with one attached hydrogen (secondary N) is 2. The number of nitrogens with zero attached hydrogens (tertiary/aromatic N) is 2. The summed E-state index contributed by atoms with van der Waals surface area (Å²) in [5, 5.41) is 6.37. The molecular formula is C21H27IN4O3S. The van der Waals surface area contributed by atoms with Crippen LogP contribution in [0, 0.1) is 0 Å². The fourth-order valence-corrected chi connectivity index (χ4v) is 4.34. The second kappa shape index (κ2) is 11.3. The van der Waals surface area contributed by atoms with Crippen molar-refractivity contribution in [2.75, 3.05) is 30.3 Å². The van der Waals surface area contributed by atoms with Crippen LogP contribution < -0.4 is 15.5 Å². The summed E-state index contributed by atoms with van der Waals surface area (Å²) in [7, 11) is -3.38. The molecule has 30 heavy (non-hydrogen) atoms. The lowest BCUT2D eigenvalue weighted by Gasteiger charge is -2.19. The number of rotatable bonds is 7. The van der Waals surface area contributed by atoms with E-state index in [2.05, 4.69) is 15.6 Å². The van der Waals surface area contributed by atoms with Crippen LogP contribution in [0.5, 0.6) is 0 Å². The minimum Gasteiger partial charge on any atom is -0.357 e. The molecule has 3 rings (SSSR count). The molecule has 1 aliphatic rings. The second-order valence-corrected chi connectivity index (χ2v) is 8.89. The zero-order valence-electron chi connectivity index (χ0n) is 16.8. The van der Waals surface area contributed by atoms with Crippen molar-refractivity contribution in [3.05, 3.63) is 60.7 Å². The number of halogens is 1. The maximum atomic E-state index is 12.4. The van der Waals surface area contributed by atoms with Gasteiger partial charge in [-0.05, 0) is 31.2 Å². The Bertz CT molecular complexity index is 953. The monoisotopic (exact) mass is 542 g/mol. The number of amides is 1. The molecule has 9 heteroatoms. The molecule has 0 spiro atoms. The number of anilines is 1. The van der Waals surface area contributed by atoms with Crippen LogP contribution in [-0.4, -0.2) is 51.7 Å². The third-order valence-corrected chi connectivity index (χ3v) is 6.32. The fraction of sp³-hybridized carbons (Fsp3) is 0.333. The zero-order chi connectivity index (χ0) is 20.7. The Morgan fingerprint density at radius 3 is 2.37 bits per heavy atom. The molecule has 1 fully saturated rings. The Kier molecular flexibility index (Phi) is 9.09. The highest BCUT2D eigenvalue weighted by atomic mass is 127. The van der Waals surface area contributed by atoms with Gasteiger partial charge >= 0.3 is 0 Å². The van der Waals surface area contributed by atoms with Crippen molar-refractivity contribution in [1.29, 1.82) is 0 Å². The van der Waals surface area contributed by atoms with Crippen molar-refractivity contribution >= 4 is 51.4 Å². The van der Waals surface area contributed by atoms with E-state index in [1.165, 1.54) is 0 Å². The molecule has 2 aromatic carbocycles. The number of hydrogen-bond donors (Lipinski definition) is 2. The van der Waals surface area contributed by atoms with Crippen molar-refractivity contribution in [3.63, 3.8) is 0 Å². The van der Waals surface area contributed by atoms with Gasteiger partial charge in [0.15, 0.2) is 15.8 Å². The van der Waals surface area contributed by atoms with Crippen LogP contribution in [-0.2, 0) is 14.6 Å².